The predicted octanol–water partition coefficient (Wildman–Crippen LogP) is -0.0848. The lowest BCUT2D eigenvalue weighted by molar-refractivity contribution is -0.292. The number of rotatable bonds is 5. The van der Waals surface area contributed by atoms with Gasteiger partial charge in [-0.15, -0.1) is 0 Å². The summed E-state index contributed by atoms with van der Waals surface area (Å²) in [5, 5.41) is 37.0. The van der Waals surface area contributed by atoms with Crippen LogP contribution in [0.2, 0.25) is 0 Å². The summed E-state index contributed by atoms with van der Waals surface area (Å²) in [6.07, 6.45) is -4.73. The van der Waals surface area contributed by atoms with E-state index < -0.39 is 112 Å². The Bertz CT molecular complexity index is 1380. The lowest BCUT2D eigenvalue weighted by Crippen LogP contribution is -2.74. The molecule has 2 bridgehead atoms. The van der Waals surface area contributed by atoms with Crippen molar-refractivity contribution in [3.05, 3.63) is 11.6 Å². The fourth-order valence-electron chi connectivity index (χ4n) is 11.7. The number of carbonyl (C=O) groups excluding carboxylic acids is 4. The maximum absolute atomic E-state index is 13.5. The number of fused-ring (bicyclic) bond motifs is 2. The average Bonchev–Trinajstić information content (AvgIpc) is 3.54. The highest BCUT2D eigenvalue weighted by Crippen LogP contribution is 2.86. The molecule has 3 N–H and O–H groups in total. The summed E-state index contributed by atoms with van der Waals surface area (Å²) in [4.78, 5) is 52.3. The fraction of sp³-hybridized carbons (Fsp3) is 0.800. The van der Waals surface area contributed by atoms with Crippen LogP contribution in [0, 0.1) is 34.0 Å². The van der Waals surface area contributed by atoms with Crippen molar-refractivity contribution >= 4 is 23.9 Å². The Balaban J connectivity index is 1.48. The van der Waals surface area contributed by atoms with Gasteiger partial charge in [0.15, 0.2) is 6.10 Å². The number of aliphatic hydroxyl groups is 3. The van der Waals surface area contributed by atoms with E-state index in [0.717, 1.165) is 7.11 Å². The molecule has 2 unspecified atom stereocenters. The standard InChI is InChI=1S/C30H38O13/c1-12(31)42-28-11-25(2)19(17(33)24(36)39-6)27(28,4)14-7-8-26(3)22(13-9-16(38-5)41-23(13)35)40-15(32)10-29(26)30(14,37)20(28)18(43-29)21(25)34/h9,14,16-22,33-34,37H,7-8,10-11H2,1-6H3/t14-,16?,17-,18-,19+,20+,21-,22+,25-,26+,27+,28?,29-,30+/m1/s1. The molecule has 4 saturated carbocycles. The van der Waals surface area contributed by atoms with Gasteiger partial charge in [-0.2, -0.15) is 0 Å². The van der Waals surface area contributed by atoms with Crippen LogP contribution < -0.4 is 0 Å². The van der Waals surface area contributed by atoms with Gasteiger partial charge in [0.05, 0.1) is 37.2 Å². The van der Waals surface area contributed by atoms with Crippen LogP contribution in [0.15, 0.2) is 11.6 Å². The van der Waals surface area contributed by atoms with Gasteiger partial charge >= 0.3 is 23.9 Å². The lowest BCUT2D eigenvalue weighted by Gasteiger charge is -2.63. The minimum atomic E-state index is -1.91. The van der Waals surface area contributed by atoms with Crippen molar-refractivity contribution in [2.24, 2.45) is 34.0 Å². The molecule has 7 aliphatic rings. The molecule has 43 heavy (non-hydrogen) atoms. The van der Waals surface area contributed by atoms with Gasteiger partial charge in [-0.3, -0.25) is 9.59 Å². The summed E-state index contributed by atoms with van der Waals surface area (Å²) in [6.45, 7) is 6.56. The lowest BCUT2D eigenvalue weighted by atomic mass is 9.45. The molecule has 7 rings (SSSR count). The summed E-state index contributed by atoms with van der Waals surface area (Å²) in [5.74, 6) is -5.80. The first-order valence-electron chi connectivity index (χ1n) is 14.7. The van der Waals surface area contributed by atoms with Gasteiger partial charge in [-0.05, 0) is 25.3 Å². The molecule has 0 aromatic rings. The molecule has 2 saturated heterocycles. The van der Waals surface area contributed by atoms with Crippen molar-refractivity contribution in [3.8, 4) is 0 Å². The molecule has 0 radical (unpaired) electrons. The Morgan fingerprint density at radius 2 is 1.84 bits per heavy atom. The van der Waals surface area contributed by atoms with E-state index in [-0.39, 0.29) is 24.8 Å². The van der Waals surface area contributed by atoms with Gasteiger partial charge in [0.1, 0.15) is 22.9 Å². The number of hydrogen-bond donors (Lipinski definition) is 3. The summed E-state index contributed by atoms with van der Waals surface area (Å²) in [6, 6.07) is 0. The Morgan fingerprint density at radius 1 is 1.14 bits per heavy atom. The van der Waals surface area contributed by atoms with Gasteiger partial charge in [0.25, 0.3) is 0 Å². The zero-order chi connectivity index (χ0) is 31.3. The highest BCUT2D eigenvalue weighted by Gasteiger charge is 2.96. The van der Waals surface area contributed by atoms with Gasteiger partial charge in [-0.1, -0.05) is 20.8 Å². The van der Waals surface area contributed by atoms with E-state index in [0.29, 0.717) is 0 Å². The minimum Gasteiger partial charge on any atom is -0.467 e. The molecule has 6 fully saturated rings. The van der Waals surface area contributed by atoms with Crippen molar-refractivity contribution in [3.63, 3.8) is 0 Å². The van der Waals surface area contributed by atoms with E-state index >= 15 is 0 Å². The van der Waals surface area contributed by atoms with E-state index in [2.05, 4.69) is 0 Å². The van der Waals surface area contributed by atoms with Crippen molar-refractivity contribution in [1.29, 1.82) is 0 Å². The largest absolute Gasteiger partial charge is 0.467 e. The summed E-state index contributed by atoms with van der Waals surface area (Å²) < 4.78 is 34.4. The molecule has 3 heterocycles. The number of aliphatic hydroxyl groups excluding tert-OH is 2. The van der Waals surface area contributed by atoms with Gasteiger partial charge in [0.2, 0.25) is 6.29 Å². The molecular formula is C30H38O13. The molecule has 13 nitrogen and oxygen atoms in total. The fourth-order valence-corrected chi connectivity index (χ4v) is 11.7. The average molecular weight is 607 g/mol. The minimum absolute atomic E-state index is 0.0347. The Hall–Kier alpha value is -2.58. The Morgan fingerprint density at radius 3 is 2.44 bits per heavy atom. The quantitative estimate of drug-likeness (QED) is 0.279. The van der Waals surface area contributed by atoms with Gasteiger partial charge < -0.3 is 43.7 Å². The summed E-state index contributed by atoms with van der Waals surface area (Å²) in [5.41, 5.74) is -8.72. The van der Waals surface area contributed by atoms with Gasteiger partial charge in [0, 0.05) is 42.1 Å². The second-order valence-electron chi connectivity index (χ2n) is 14.2. The van der Waals surface area contributed by atoms with Crippen LogP contribution in [0.1, 0.15) is 53.4 Å². The number of ether oxygens (including phenoxy) is 6. The third-order valence-corrected chi connectivity index (χ3v) is 12.9. The number of hydrogen-bond acceptors (Lipinski definition) is 13. The van der Waals surface area contributed by atoms with E-state index in [1.807, 2.05) is 0 Å². The highest BCUT2D eigenvalue weighted by atomic mass is 16.7. The van der Waals surface area contributed by atoms with Crippen LogP contribution in [-0.2, 0) is 47.6 Å². The van der Waals surface area contributed by atoms with E-state index in [9.17, 15) is 34.5 Å². The Kier molecular flexibility index (Phi) is 5.67. The molecule has 0 aromatic heterocycles. The third-order valence-electron chi connectivity index (χ3n) is 12.9. The number of cyclic esters (lactones) is 2. The van der Waals surface area contributed by atoms with Gasteiger partial charge in [-0.25, -0.2) is 9.59 Å². The first kappa shape index (κ1) is 29.1. The molecule has 236 valence electrons. The molecular weight excluding hydrogens is 568 g/mol. The number of esters is 4. The molecule has 0 amide bonds. The number of methoxy groups -OCH3 is 2. The molecule has 4 aliphatic carbocycles. The van der Waals surface area contributed by atoms with Crippen LogP contribution in [0.4, 0.5) is 0 Å². The monoisotopic (exact) mass is 606 g/mol. The first-order chi connectivity index (χ1) is 20.0. The predicted molar refractivity (Wildman–Crippen MR) is 139 cm³/mol. The van der Waals surface area contributed by atoms with Crippen LogP contribution in [0.25, 0.3) is 0 Å². The van der Waals surface area contributed by atoms with Crippen molar-refractivity contribution in [2.45, 2.75) is 101 Å². The zero-order valence-electron chi connectivity index (χ0n) is 24.9. The van der Waals surface area contributed by atoms with Crippen LogP contribution in [0.3, 0.4) is 0 Å². The SMILES string of the molecule is COC(=O)[C@H](O)[C@H]1[C@@]2(C)CC3(OC(C)=O)[C@@H]4[C@@H](O[C@]56CC(=O)O[C@@H](C7=CC(OC)OC7=O)[C@]5(C)CC[C@H]([C@@]13C)[C@]46O)[C@H]2O. The molecule has 3 aliphatic heterocycles. The second kappa shape index (κ2) is 8.36. The Labute approximate surface area is 247 Å². The van der Waals surface area contributed by atoms with E-state index in [4.69, 9.17) is 28.4 Å². The topological polar surface area (TPSA) is 184 Å². The molecule has 14 atom stereocenters. The van der Waals surface area contributed by atoms with Crippen LogP contribution >= 0.6 is 0 Å². The molecule has 13 heteroatoms. The van der Waals surface area contributed by atoms with E-state index in [1.165, 1.54) is 20.1 Å². The maximum atomic E-state index is 13.5. The zero-order valence-corrected chi connectivity index (χ0v) is 24.9. The first-order valence-corrected chi connectivity index (χ1v) is 14.7. The van der Waals surface area contributed by atoms with Crippen molar-refractivity contribution in [2.75, 3.05) is 14.2 Å². The molecule has 0 aromatic carbocycles. The van der Waals surface area contributed by atoms with E-state index in [1.54, 1.807) is 20.8 Å². The van der Waals surface area contributed by atoms with Crippen LogP contribution in [0.5, 0.6) is 0 Å². The van der Waals surface area contributed by atoms with Crippen molar-refractivity contribution < 1.29 is 62.9 Å². The smallest absolute Gasteiger partial charge is 0.340 e. The summed E-state index contributed by atoms with van der Waals surface area (Å²) >= 11 is 0. The number of carbonyl (C=O) groups is 4. The maximum Gasteiger partial charge on any atom is 0.340 e. The highest BCUT2D eigenvalue weighted by molar-refractivity contribution is 5.93. The normalized spacial score (nSPS) is 54.3. The third kappa shape index (κ3) is 2.84. The molecule has 1 spiro atoms. The van der Waals surface area contributed by atoms with Crippen LogP contribution in [-0.4, -0.2) is 101 Å². The van der Waals surface area contributed by atoms with Crippen molar-refractivity contribution in [1.82, 2.24) is 0 Å². The summed E-state index contributed by atoms with van der Waals surface area (Å²) in [7, 11) is 2.52. The second-order valence-corrected chi connectivity index (χ2v) is 14.2.